The quantitative estimate of drug-likeness (QED) is 0.448. The number of nitrogen functional groups attached to an aromatic ring is 1. The zero-order valence-electron chi connectivity index (χ0n) is 19.1. The monoisotopic (exact) mass is 467 g/mol. The minimum Gasteiger partial charge on any atom is -0.496 e. The summed E-state index contributed by atoms with van der Waals surface area (Å²) in [6.07, 6.45) is 4.03. The molecule has 1 aromatic carbocycles. The minimum absolute atomic E-state index is 0.203. The molecule has 0 bridgehead atoms. The molecule has 2 heterocycles. The van der Waals surface area contributed by atoms with Crippen LogP contribution in [-0.2, 0) is 0 Å². The molecule has 0 saturated heterocycles. The molecule has 0 radical (unpaired) electrons. The Balaban J connectivity index is 2.13. The van der Waals surface area contributed by atoms with Gasteiger partial charge in [0.2, 0.25) is 0 Å². The van der Waals surface area contributed by atoms with Crippen molar-refractivity contribution in [2.75, 3.05) is 32.3 Å². The van der Waals surface area contributed by atoms with Crippen LogP contribution in [0.4, 0.5) is 11.6 Å². The Morgan fingerprint density at radius 2 is 2.03 bits per heavy atom. The molecule has 0 fully saturated rings. The van der Waals surface area contributed by atoms with E-state index < -0.39 is 0 Å². The van der Waals surface area contributed by atoms with E-state index in [4.69, 9.17) is 27.5 Å². The highest BCUT2D eigenvalue weighted by atomic mass is 35.5. The van der Waals surface area contributed by atoms with Crippen molar-refractivity contribution in [1.29, 1.82) is 5.41 Å². The van der Waals surface area contributed by atoms with Gasteiger partial charge in [0, 0.05) is 42.7 Å². The van der Waals surface area contributed by atoms with Gasteiger partial charge in [-0.15, -0.1) is 0 Å². The number of hydrogen-bond acceptors (Lipinski definition) is 8. The lowest BCUT2D eigenvalue weighted by Crippen LogP contribution is -2.22. The standard InChI is InChI=1S/C23H26ClN7O2/c1-12-17(24)9-15(13(2)30-22-16(10-25)21(26)28-11-29-22)20(33-5)19(12)14-6-7-27-18(8-14)23(32)31(3)4/h6-11,13,25H,1-5H3,(H3,26,28,29,30). The van der Waals surface area contributed by atoms with E-state index in [0.29, 0.717) is 27.8 Å². The molecular weight excluding hydrogens is 442 g/mol. The van der Waals surface area contributed by atoms with Gasteiger partial charge in [0.1, 0.15) is 29.4 Å². The summed E-state index contributed by atoms with van der Waals surface area (Å²) >= 11 is 6.63. The van der Waals surface area contributed by atoms with Crippen molar-refractivity contribution >= 4 is 35.4 Å². The van der Waals surface area contributed by atoms with Crippen LogP contribution in [0.1, 0.15) is 40.1 Å². The maximum Gasteiger partial charge on any atom is 0.271 e. The van der Waals surface area contributed by atoms with Crippen molar-refractivity contribution in [3.63, 3.8) is 0 Å². The molecule has 3 rings (SSSR count). The number of aromatic nitrogens is 3. The second-order valence-electron chi connectivity index (χ2n) is 7.64. The number of nitrogens with two attached hydrogens (primary N) is 1. The summed E-state index contributed by atoms with van der Waals surface area (Å²) in [5.41, 5.74) is 9.69. The molecule has 0 saturated carbocycles. The Hall–Kier alpha value is -3.72. The fourth-order valence-corrected chi connectivity index (χ4v) is 3.73. The highest BCUT2D eigenvalue weighted by molar-refractivity contribution is 6.32. The number of nitrogens with one attached hydrogen (secondary N) is 2. The first-order valence-electron chi connectivity index (χ1n) is 10.1. The Labute approximate surface area is 197 Å². The van der Waals surface area contributed by atoms with Gasteiger partial charge in [-0.25, -0.2) is 9.97 Å². The number of nitrogens with zero attached hydrogens (tertiary/aromatic N) is 4. The average Bonchev–Trinajstić information content (AvgIpc) is 2.79. The fraction of sp³-hybridized carbons (Fsp3) is 0.261. The highest BCUT2D eigenvalue weighted by Gasteiger charge is 2.23. The van der Waals surface area contributed by atoms with Crippen molar-refractivity contribution in [2.24, 2.45) is 0 Å². The molecule has 1 unspecified atom stereocenters. The van der Waals surface area contributed by atoms with Crippen LogP contribution >= 0.6 is 11.6 Å². The topological polar surface area (TPSA) is 130 Å². The Morgan fingerprint density at radius 1 is 1.30 bits per heavy atom. The van der Waals surface area contributed by atoms with Crippen molar-refractivity contribution in [1.82, 2.24) is 19.9 Å². The first-order chi connectivity index (χ1) is 15.7. The summed E-state index contributed by atoms with van der Waals surface area (Å²) in [6, 6.07) is 5.06. The Morgan fingerprint density at radius 3 is 2.67 bits per heavy atom. The summed E-state index contributed by atoms with van der Waals surface area (Å²) in [5, 5.41) is 11.5. The number of benzene rings is 1. The van der Waals surface area contributed by atoms with Gasteiger partial charge in [0.15, 0.2) is 0 Å². The number of carbonyl (C=O) groups excluding carboxylic acids is 1. The third-order valence-corrected chi connectivity index (χ3v) is 5.65. The average molecular weight is 468 g/mol. The SMILES string of the molecule is COc1c(C(C)Nc2ncnc(N)c2C=N)cc(Cl)c(C)c1-c1ccnc(C(=O)N(C)C)c1. The van der Waals surface area contributed by atoms with Gasteiger partial charge in [-0.2, -0.15) is 0 Å². The second kappa shape index (κ2) is 9.83. The summed E-state index contributed by atoms with van der Waals surface area (Å²) in [4.78, 5) is 26.3. The van der Waals surface area contributed by atoms with Crippen molar-refractivity contribution in [2.45, 2.75) is 19.9 Å². The minimum atomic E-state index is -0.311. The normalized spacial score (nSPS) is 11.6. The van der Waals surface area contributed by atoms with Crippen LogP contribution in [0.3, 0.4) is 0 Å². The van der Waals surface area contributed by atoms with Crippen LogP contribution in [0.5, 0.6) is 5.75 Å². The van der Waals surface area contributed by atoms with Gasteiger partial charge in [-0.1, -0.05) is 11.6 Å². The first-order valence-corrected chi connectivity index (χ1v) is 10.5. The van der Waals surface area contributed by atoms with Crippen molar-refractivity contribution in [3.8, 4) is 16.9 Å². The largest absolute Gasteiger partial charge is 0.496 e. The summed E-state index contributed by atoms with van der Waals surface area (Å²) in [6.45, 7) is 3.82. The molecule has 33 heavy (non-hydrogen) atoms. The molecule has 3 aromatic rings. The highest BCUT2D eigenvalue weighted by Crippen LogP contribution is 2.43. The van der Waals surface area contributed by atoms with Crippen molar-refractivity contribution < 1.29 is 9.53 Å². The maximum atomic E-state index is 12.5. The van der Waals surface area contributed by atoms with Gasteiger partial charge in [-0.3, -0.25) is 9.78 Å². The number of halogens is 1. The fourth-order valence-electron chi connectivity index (χ4n) is 3.51. The number of ether oxygens (including phenoxy) is 1. The second-order valence-corrected chi connectivity index (χ2v) is 8.05. The van der Waals surface area contributed by atoms with Crippen LogP contribution in [-0.4, -0.2) is 53.2 Å². The van der Waals surface area contributed by atoms with E-state index in [1.807, 2.05) is 26.0 Å². The van der Waals surface area contributed by atoms with Gasteiger partial charge in [0.05, 0.1) is 18.7 Å². The van der Waals surface area contributed by atoms with E-state index in [9.17, 15) is 4.79 Å². The van der Waals surface area contributed by atoms with E-state index in [2.05, 4.69) is 20.3 Å². The number of rotatable bonds is 7. The molecule has 0 aliphatic carbocycles. The van der Waals surface area contributed by atoms with Gasteiger partial charge in [-0.05, 0) is 43.2 Å². The number of anilines is 2. The molecule has 1 atom stereocenters. The van der Waals surface area contributed by atoms with E-state index >= 15 is 0 Å². The van der Waals surface area contributed by atoms with E-state index in [1.54, 1.807) is 33.5 Å². The predicted molar refractivity (Wildman–Crippen MR) is 130 cm³/mol. The molecule has 10 heteroatoms. The zero-order chi connectivity index (χ0) is 24.3. The van der Waals surface area contributed by atoms with Crippen LogP contribution in [0.15, 0.2) is 30.7 Å². The van der Waals surface area contributed by atoms with Crippen LogP contribution in [0.25, 0.3) is 11.1 Å². The summed E-state index contributed by atoms with van der Waals surface area (Å²) < 4.78 is 5.84. The molecule has 0 aliphatic heterocycles. The van der Waals surface area contributed by atoms with Crippen LogP contribution in [0.2, 0.25) is 5.02 Å². The summed E-state index contributed by atoms with van der Waals surface area (Å²) in [7, 11) is 4.94. The Kier molecular flexibility index (Phi) is 7.13. The van der Waals surface area contributed by atoms with E-state index in [-0.39, 0.29) is 17.8 Å². The number of methoxy groups -OCH3 is 1. The Bertz CT molecular complexity index is 1210. The summed E-state index contributed by atoms with van der Waals surface area (Å²) in [5.74, 6) is 1.03. The third kappa shape index (κ3) is 4.73. The van der Waals surface area contributed by atoms with E-state index in [1.165, 1.54) is 11.2 Å². The molecule has 0 spiro atoms. The zero-order valence-corrected chi connectivity index (χ0v) is 19.9. The predicted octanol–water partition coefficient (Wildman–Crippen LogP) is 3.96. The first kappa shape index (κ1) is 23.9. The number of hydrogen-bond donors (Lipinski definition) is 3. The number of pyridine rings is 1. The third-order valence-electron chi connectivity index (χ3n) is 5.26. The molecule has 9 nitrogen and oxygen atoms in total. The lowest BCUT2D eigenvalue weighted by molar-refractivity contribution is 0.0822. The lowest BCUT2D eigenvalue weighted by Gasteiger charge is -2.23. The van der Waals surface area contributed by atoms with Gasteiger partial charge >= 0.3 is 0 Å². The molecule has 0 aliphatic rings. The molecule has 172 valence electrons. The smallest absolute Gasteiger partial charge is 0.271 e. The lowest BCUT2D eigenvalue weighted by atomic mass is 9.93. The van der Waals surface area contributed by atoms with Crippen LogP contribution in [0, 0.1) is 12.3 Å². The van der Waals surface area contributed by atoms with Gasteiger partial charge < -0.3 is 26.1 Å². The van der Waals surface area contributed by atoms with Crippen molar-refractivity contribution in [3.05, 3.63) is 58.1 Å². The number of amides is 1. The maximum absolute atomic E-state index is 12.5. The molecular formula is C23H26ClN7O2. The number of carbonyl (C=O) groups is 1. The molecule has 2 aromatic heterocycles. The molecule has 4 N–H and O–H groups in total. The van der Waals surface area contributed by atoms with Crippen LogP contribution < -0.4 is 15.8 Å². The molecule has 1 amide bonds. The van der Waals surface area contributed by atoms with Gasteiger partial charge in [0.25, 0.3) is 5.91 Å². The van der Waals surface area contributed by atoms with E-state index in [0.717, 1.165) is 28.5 Å².